The maximum atomic E-state index is 13.5. The van der Waals surface area contributed by atoms with Gasteiger partial charge >= 0.3 is 6.09 Å². The van der Waals surface area contributed by atoms with Crippen LogP contribution in [0.15, 0.2) is 18.2 Å². The number of hydrogen-bond donors (Lipinski definition) is 2. The van der Waals surface area contributed by atoms with E-state index in [-0.39, 0.29) is 18.7 Å². The molecule has 0 saturated heterocycles. The minimum absolute atomic E-state index is 0.0379. The number of amides is 2. The normalized spacial score (nSPS) is 9.76. The van der Waals surface area contributed by atoms with Gasteiger partial charge in [0.1, 0.15) is 12.4 Å². The number of hydrogen-bond acceptors (Lipinski definition) is 3. The molecule has 0 radical (unpaired) electrons. The molecule has 2 amide bonds. The van der Waals surface area contributed by atoms with Crippen molar-refractivity contribution in [2.75, 3.05) is 13.2 Å². The van der Waals surface area contributed by atoms with E-state index in [9.17, 15) is 14.0 Å². The quantitative estimate of drug-likeness (QED) is 0.769. The van der Waals surface area contributed by atoms with Crippen LogP contribution in [0.2, 0.25) is 0 Å². The molecule has 0 bridgehead atoms. The highest BCUT2D eigenvalue weighted by molar-refractivity contribution is 5.94. The first-order valence-corrected chi connectivity index (χ1v) is 4.98. The molecule has 0 unspecified atom stereocenters. The number of rotatable bonds is 4. The highest BCUT2D eigenvalue weighted by Gasteiger charge is 2.12. The fourth-order valence-electron chi connectivity index (χ4n) is 1.23. The predicted octanol–water partition coefficient (Wildman–Crippen LogP) is 0.959. The summed E-state index contributed by atoms with van der Waals surface area (Å²) in [5, 5.41) is 2.41. The van der Waals surface area contributed by atoms with Crippen molar-refractivity contribution in [3.8, 4) is 0 Å². The zero-order chi connectivity index (χ0) is 12.8. The van der Waals surface area contributed by atoms with Crippen LogP contribution in [0.4, 0.5) is 9.18 Å². The zero-order valence-electron chi connectivity index (χ0n) is 9.33. The van der Waals surface area contributed by atoms with Crippen LogP contribution in [0, 0.1) is 12.7 Å². The van der Waals surface area contributed by atoms with Gasteiger partial charge in [-0.1, -0.05) is 12.1 Å². The summed E-state index contributed by atoms with van der Waals surface area (Å²) < 4.78 is 17.9. The van der Waals surface area contributed by atoms with E-state index in [0.29, 0.717) is 5.56 Å². The number of primary amides is 1. The van der Waals surface area contributed by atoms with Gasteiger partial charge in [0.2, 0.25) is 0 Å². The van der Waals surface area contributed by atoms with Crippen molar-refractivity contribution in [1.29, 1.82) is 0 Å². The Bertz CT molecular complexity index is 435. The summed E-state index contributed by atoms with van der Waals surface area (Å²) >= 11 is 0. The van der Waals surface area contributed by atoms with Gasteiger partial charge in [-0.25, -0.2) is 9.18 Å². The molecule has 0 aliphatic carbocycles. The molecule has 92 valence electrons. The Hall–Kier alpha value is -2.11. The lowest BCUT2D eigenvalue weighted by Gasteiger charge is -2.07. The van der Waals surface area contributed by atoms with Crippen LogP contribution in [0.5, 0.6) is 0 Å². The summed E-state index contributed by atoms with van der Waals surface area (Å²) in [4.78, 5) is 21.8. The summed E-state index contributed by atoms with van der Waals surface area (Å²) in [6.45, 7) is 1.60. The van der Waals surface area contributed by atoms with Crippen molar-refractivity contribution in [3.63, 3.8) is 0 Å². The maximum absolute atomic E-state index is 13.5. The minimum atomic E-state index is -0.916. The van der Waals surface area contributed by atoms with E-state index in [1.807, 2.05) is 0 Å². The largest absolute Gasteiger partial charge is 0.448 e. The highest BCUT2D eigenvalue weighted by atomic mass is 19.1. The van der Waals surface area contributed by atoms with Crippen molar-refractivity contribution in [1.82, 2.24) is 5.32 Å². The van der Waals surface area contributed by atoms with E-state index >= 15 is 0 Å². The van der Waals surface area contributed by atoms with Crippen LogP contribution in [0.25, 0.3) is 0 Å². The van der Waals surface area contributed by atoms with Gasteiger partial charge in [0.15, 0.2) is 0 Å². The molecular formula is C11H13FN2O3. The fraction of sp³-hybridized carbons (Fsp3) is 0.273. The number of ether oxygens (including phenoxy) is 1. The zero-order valence-corrected chi connectivity index (χ0v) is 9.33. The van der Waals surface area contributed by atoms with Gasteiger partial charge in [-0.3, -0.25) is 4.79 Å². The summed E-state index contributed by atoms with van der Waals surface area (Å²) in [6.07, 6.45) is -0.916. The molecular weight excluding hydrogens is 227 g/mol. The van der Waals surface area contributed by atoms with Crippen LogP contribution < -0.4 is 11.1 Å². The van der Waals surface area contributed by atoms with Gasteiger partial charge in [-0.05, 0) is 18.6 Å². The van der Waals surface area contributed by atoms with Gasteiger partial charge in [0, 0.05) is 0 Å². The maximum Gasteiger partial charge on any atom is 0.404 e. The van der Waals surface area contributed by atoms with Crippen molar-refractivity contribution >= 4 is 12.0 Å². The lowest BCUT2D eigenvalue weighted by Crippen LogP contribution is -2.29. The number of aryl methyl sites for hydroxylation is 1. The van der Waals surface area contributed by atoms with Crippen molar-refractivity contribution in [2.24, 2.45) is 5.73 Å². The summed E-state index contributed by atoms with van der Waals surface area (Å²) in [7, 11) is 0. The lowest BCUT2D eigenvalue weighted by atomic mass is 10.1. The van der Waals surface area contributed by atoms with Crippen molar-refractivity contribution < 1.29 is 18.7 Å². The number of carbonyl (C=O) groups is 2. The molecule has 3 N–H and O–H groups in total. The molecule has 0 fully saturated rings. The van der Waals surface area contributed by atoms with Crippen LogP contribution in [-0.2, 0) is 4.74 Å². The first-order valence-electron chi connectivity index (χ1n) is 4.98. The van der Waals surface area contributed by atoms with Gasteiger partial charge in [-0.2, -0.15) is 0 Å². The number of nitrogens with two attached hydrogens (primary N) is 1. The Morgan fingerprint density at radius 3 is 2.82 bits per heavy atom. The molecule has 5 nitrogen and oxygen atoms in total. The highest BCUT2D eigenvalue weighted by Crippen LogP contribution is 2.11. The molecule has 0 aliphatic heterocycles. The van der Waals surface area contributed by atoms with E-state index in [4.69, 9.17) is 5.73 Å². The molecule has 1 rings (SSSR count). The Morgan fingerprint density at radius 1 is 1.47 bits per heavy atom. The molecule has 6 heteroatoms. The van der Waals surface area contributed by atoms with Crippen LogP contribution in [-0.4, -0.2) is 25.2 Å². The van der Waals surface area contributed by atoms with Crippen molar-refractivity contribution in [2.45, 2.75) is 6.92 Å². The van der Waals surface area contributed by atoms with Gasteiger partial charge in [0.05, 0.1) is 12.1 Å². The van der Waals surface area contributed by atoms with Gasteiger partial charge < -0.3 is 15.8 Å². The SMILES string of the molecule is Cc1cccc(C(=O)NCCOC(N)=O)c1F. The third-order valence-corrected chi connectivity index (χ3v) is 2.07. The van der Waals surface area contributed by atoms with Crippen LogP contribution in [0.3, 0.4) is 0 Å². The fourth-order valence-corrected chi connectivity index (χ4v) is 1.23. The Kier molecular flexibility index (Phi) is 4.45. The average Bonchev–Trinajstić information content (AvgIpc) is 2.27. The third kappa shape index (κ3) is 3.75. The van der Waals surface area contributed by atoms with Gasteiger partial charge in [0.25, 0.3) is 5.91 Å². The van der Waals surface area contributed by atoms with E-state index in [0.717, 1.165) is 0 Å². The van der Waals surface area contributed by atoms with Crippen LogP contribution in [0.1, 0.15) is 15.9 Å². The Labute approximate surface area is 97.7 Å². The molecule has 0 saturated carbocycles. The topological polar surface area (TPSA) is 81.4 Å². The second kappa shape index (κ2) is 5.83. The minimum Gasteiger partial charge on any atom is -0.448 e. The summed E-state index contributed by atoms with van der Waals surface area (Å²) in [6, 6.07) is 4.54. The summed E-state index contributed by atoms with van der Waals surface area (Å²) in [5.41, 5.74) is 5.09. The number of benzene rings is 1. The van der Waals surface area contributed by atoms with Crippen LogP contribution >= 0.6 is 0 Å². The number of carbonyl (C=O) groups excluding carboxylic acids is 2. The smallest absolute Gasteiger partial charge is 0.404 e. The first kappa shape index (κ1) is 13.0. The van der Waals surface area contributed by atoms with E-state index in [2.05, 4.69) is 10.1 Å². The Balaban J connectivity index is 2.53. The van der Waals surface area contributed by atoms with Crippen molar-refractivity contribution in [3.05, 3.63) is 35.1 Å². The molecule has 17 heavy (non-hydrogen) atoms. The molecule has 1 aromatic carbocycles. The molecule has 0 heterocycles. The molecule has 0 aliphatic rings. The summed E-state index contributed by atoms with van der Waals surface area (Å²) in [5.74, 6) is -1.11. The Morgan fingerprint density at radius 2 is 2.18 bits per heavy atom. The second-order valence-corrected chi connectivity index (χ2v) is 3.36. The lowest BCUT2D eigenvalue weighted by molar-refractivity contribution is 0.0932. The predicted molar refractivity (Wildman–Crippen MR) is 59.0 cm³/mol. The molecule has 0 aromatic heterocycles. The standard InChI is InChI=1S/C11H13FN2O3/c1-7-3-2-4-8(9(7)12)10(15)14-5-6-17-11(13)16/h2-4H,5-6H2,1H3,(H2,13,16)(H,14,15). The number of halogens is 1. The molecule has 0 spiro atoms. The molecule has 0 atom stereocenters. The van der Waals surface area contributed by atoms with Gasteiger partial charge in [-0.15, -0.1) is 0 Å². The van der Waals surface area contributed by atoms with E-state index in [1.165, 1.54) is 6.07 Å². The van der Waals surface area contributed by atoms with E-state index < -0.39 is 17.8 Å². The molecule has 1 aromatic rings. The second-order valence-electron chi connectivity index (χ2n) is 3.36. The third-order valence-electron chi connectivity index (χ3n) is 2.07. The monoisotopic (exact) mass is 240 g/mol. The average molecular weight is 240 g/mol. The van der Waals surface area contributed by atoms with E-state index in [1.54, 1.807) is 19.1 Å². The number of nitrogens with one attached hydrogen (secondary N) is 1. The first-order chi connectivity index (χ1) is 8.02.